The van der Waals surface area contributed by atoms with Gasteiger partial charge < -0.3 is 10.2 Å². The Morgan fingerprint density at radius 2 is 2.06 bits per heavy atom. The third-order valence-electron chi connectivity index (χ3n) is 3.69. The van der Waals surface area contributed by atoms with E-state index >= 15 is 0 Å². The van der Waals surface area contributed by atoms with Crippen LogP contribution in [0.15, 0.2) is 30.3 Å². The quantitative estimate of drug-likeness (QED) is 0.715. The summed E-state index contributed by atoms with van der Waals surface area (Å²) in [6, 6.07) is 9.27. The SMILES string of the molecule is CC(NCC(O)c1ccccc1)(C(=O)O)C1CC1. The number of carboxylic acid groups (broad SMARTS) is 1. The number of hydrogen-bond acceptors (Lipinski definition) is 3. The van der Waals surface area contributed by atoms with E-state index in [1.54, 1.807) is 6.92 Å². The van der Waals surface area contributed by atoms with Gasteiger partial charge in [0.25, 0.3) is 0 Å². The number of hydrogen-bond donors (Lipinski definition) is 3. The van der Waals surface area contributed by atoms with E-state index in [9.17, 15) is 15.0 Å². The van der Waals surface area contributed by atoms with E-state index in [0.29, 0.717) is 0 Å². The number of aliphatic hydroxyl groups excluding tert-OH is 1. The van der Waals surface area contributed by atoms with E-state index in [2.05, 4.69) is 5.32 Å². The van der Waals surface area contributed by atoms with Crippen LogP contribution in [0.3, 0.4) is 0 Å². The predicted molar refractivity (Wildman–Crippen MR) is 68.2 cm³/mol. The number of carbonyl (C=O) groups is 1. The van der Waals surface area contributed by atoms with Crippen molar-refractivity contribution < 1.29 is 15.0 Å². The fraction of sp³-hybridized carbons (Fsp3) is 0.500. The van der Waals surface area contributed by atoms with E-state index in [-0.39, 0.29) is 12.5 Å². The fourth-order valence-corrected chi connectivity index (χ4v) is 2.16. The standard InChI is InChI=1S/C14H19NO3/c1-14(13(17)18,11-7-8-11)15-9-12(16)10-5-3-2-4-6-10/h2-6,11-12,15-16H,7-9H2,1H3,(H,17,18). The van der Waals surface area contributed by atoms with Gasteiger partial charge in [0, 0.05) is 6.54 Å². The van der Waals surface area contributed by atoms with Crippen LogP contribution in [-0.4, -0.2) is 28.3 Å². The Morgan fingerprint density at radius 3 is 2.56 bits per heavy atom. The number of rotatable bonds is 6. The Bertz CT molecular complexity index is 416. The van der Waals surface area contributed by atoms with E-state index in [1.807, 2.05) is 30.3 Å². The topological polar surface area (TPSA) is 69.6 Å². The second-order valence-corrected chi connectivity index (χ2v) is 5.09. The van der Waals surface area contributed by atoms with Crippen LogP contribution in [0, 0.1) is 5.92 Å². The van der Waals surface area contributed by atoms with Crippen LogP contribution in [0.25, 0.3) is 0 Å². The summed E-state index contributed by atoms with van der Waals surface area (Å²) >= 11 is 0. The summed E-state index contributed by atoms with van der Waals surface area (Å²) in [7, 11) is 0. The first-order chi connectivity index (χ1) is 8.54. The molecule has 1 aliphatic carbocycles. The monoisotopic (exact) mass is 249 g/mol. The van der Waals surface area contributed by atoms with Gasteiger partial charge in [0.2, 0.25) is 0 Å². The molecule has 3 N–H and O–H groups in total. The number of aliphatic hydroxyl groups is 1. The minimum atomic E-state index is -0.921. The molecule has 1 saturated carbocycles. The third-order valence-corrected chi connectivity index (χ3v) is 3.69. The molecule has 0 saturated heterocycles. The van der Waals surface area contributed by atoms with Gasteiger partial charge in [-0.3, -0.25) is 10.1 Å². The predicted octanol–water partition coefficient (Wildman–Crippen LogP) is 1.56. The summed E-state index contributed by atoms with van der Waals surface area (Å²) in [4.78, 5) is 11.3. The van der Waals surface area contributed by atoms with Crippen LogP contribution in [-0.2, 0) is 4.79 Å². The molecule has 4 nitrogen and oxygen atoms in total. The van der Waals surface area contributed by atoms with Crippen molar-refractivity contribution >= 4 is 5.97 Å². The zero-order valence-corrected chi connectivity index (χ0v) is 10.5. The van der Waals surface area contributed by atoms with Gasteiger partial charge in [-0.15, -0.1) is 0 Å². The van der Waals surface area contributed by atoms with E-state index in [4.69, 9.17) is 0 Å². The van der Waals surface area contributed by atoms with Crippen molar-refractivity contribution in [2.24, 2.45) is 5.92 Å². The van der Waals surface area contributed by atoms with Crippen LogP contribution in [0.2, 0.25) is 0 Å². The highest BCUT2D eigenvalue weighted by molar-refractivity contribution is 5.79. The zero-order valence-electron chi connectivity index (χ0n) is 10.5. The van der Waals surface area contributed by atoms with Crippen molar-refractivity contribution in [1.82, 2.24) is 5.32 Å². The van der Waals surface area contributed by atoms with Crippen molar-refractivity contribution in [2.45, 2.75) is 31.4 Å². The van der Waals surface area contributed by atoms with E-state index in [1.165, 1.54) is 0 Å². The molecule has 0 amide bonds. The van der Waals surface area contributed by atoms with E-state index < -0.39 is 17.6 Å². The fourth-order valence-electron chi connectivity index (χ4n) is 2.16. The average Bonchev–Trinajstić information content (AvgIpc) is 3.21. The second kappa shape index (κ2) is 5.08. The Hall–Kier alpha value is -1.39. The first-order valence-electron chi connectivity index (χ1n) is 6.25. The Kier molecular flexibility index (Phi) is 3.68. The number of β-amino-alcohol motifs (C(OH)–C–C–N with tert-alkyl or cyclic N) is 1. The summed E-state index contributed by atoms with van der Waals surface area (Å²) in [5, 5.41) is 22.3. The molecule has 1 aliphatic rings. The van der Waals surface area contributed by atoms with Gasteiger partial charge in [0.1, 0.15) is 5.54 Å². The van der Waals surface area contributed by atoms with Crippen molar-refractivity contribution in [3.8, 4) is 0 Å². The lowest BCUT2D eigenvalue weighted by molar-refractivity contribution is -0.145. The molecule has 0 spiro atoms. The van der Waals surface area contributed by atoms with Crippen molar-refractivity contribution in [2.75, 3.05) is 6.54 Å². The molecule has 98 valence electrons. The highest BCUT2D eigenvalue weighted by Crippen LogP contribution is 2.39. The summed E-state index contributed by atoms with van der Waals surface area (Å²) in [6.45, 7) is 1.95. The van der Waals surface area contributed by atoms with Crippen molar-refractivity contribution in [3.63, 3.8) is 0 Å². The highest BCUT2D eigenvalue weighted by atomic mass is 16.4. The van der Waals surface area contributed by atoms with Crippen molar-refractivity contribution in [1.29, 1.82) is 0 Å². The molecule has 1 aromatic carbocycles. The van der Waals surface area contributed by atoms with Crippen LogP contribution < -0.4 is 5.32 Å². The molecule has 0 radical (unpaired) electrons. The lowest BCUT2D eigenvalue weighted by atomic mass is 9.95. The molecule has 0 heterocycles. The molecule has 18 heavy (non-hydrogen) atoms. The minimum absolute atomic E-state index is 0.179. The normalized spacial score (nSPS) is 20.1. The average molecular weight is 249 g/mol. The maximum Gasteiger partial charge on any atom is 0.323 e. The summed E-state index contributed by atoms with van der Waals surface area (Å²) in [5.41, 5.74) is -0.121. The lowest BCUT2D eigenvalue weighted by Crippen LogP contribution is -2.52. The van der Waals surface area contributed by atoms with Gasteiger partial charge in [0.05, 0.1) is 6.10 Å². The van der Waals surface area contributed by atoms with Gasteiger partial charge in [-0.25, -0.2) is 0 Å². The van der Waals surface area contributed by atoms with Gasteiger partial charge in [-0.1, -0.05) is 30.3 Å². The molecule has 0 aromatic heterocycles. The summed E-state index contributed by atoms with van der Waals surface area (Å²) in [6.07, 6.45) is 1.21. The number of carboxylic acids is 1. The van der Waals surface area contributed by atoms with Crippen LogP contribution in [0.4, 0.5) is 0 Å². The summed E-state index contributed by atoms with van der Waals surface area (Å²) in [5.74, 6) is -0.664. The molecular formula is C14H19NO3. The third kappa shape index (κ3) is 2.71. The van der Waals surface area contributed by atoms with Gasteiger partial charge in [-0.05, 0) is 31.2 Å². The second-order valence-electron chi connectivity index (χ2n) is 5.09. The minimum Gasteiger partial charge on any atom is -0.480 e. The molecule has 1 fully saturated rings. The molecule has 0 aliphatic heterocycles. The van der Waals surface area contributed by atoms with E-state index in [0.717, 1.165) is 18.4 Å². The van der Waals surface area contributed by atoms with Gasteiger partial charge in [0.15, 0.2) is 0 Å². The number of aliphatic carboxylic acids is 1. The highest BCUT2D eigenvalue weighted by Gasteiger charge is 2.47. The Labute approximate surface area is 107 Å². The first-order valence-corrected chi connectivity index (χ1v) is 6.25. The molecule has 2 rings (SSSR count). The van der Waals surface area contributed by atoms with Gasteiger partial charge in [-0.2, -0.15) is 0 Å². The maximum atomic E-state index is 11.3. The van der Waals surface area contributed by atoms with Gasteiger partial charge >= 0.3 is 5.97 Å². The Morgan fingerprint density at radius 1 is 1.44 bits per heavy atom. The number of benzene rings is 1. The summed E-state index contributed by atoms with van der Waals surface area (Å²) < 4.78 is 0. The van der Waals surface area contributed by atoms with Crippen LogP contribution in [0.5, 0.6) is 0 Å². The maximum absolute atomic E-state index is 11.3. The molecule has 0 bridgehead atoms. The number of nitrogens with one attached hydrogen (secondary N) is 1. The van der Waals surface area contributed by atoms with Crippen LogP contribution >= 0.6 is 0 Å². The first kappa shape index (κ1) is 13.1. The molecule has 1 aromatic rings. The van der Waals surface area contributed by atoms with Crippen LogP contribution in [0.1, 0.15) is 31.4 Å². The molecular weight excluding hydrogens is 230 g/mol. The lowest BCUT2D eigenvalue weighted by Gasteiger charge is -2.27. The largest absolute Gasteiger partial charge is 0.480 e. The molecule has 2 unspecified atom stereocenters. The molecule has 2 atom stereocenters. The zero-order chi connectivity index (χ0) is 13.2. The van der Waals surface area contributed by atoms with Crippen molar-refractivity contribution in [3.05, 3.63) is 35.9 Å². The Balaban J connectivity index is 1.96. The smallest absolute Gasteiger partial charge is 0.323 e. The molecule has 4 heteroatoms.